The van der Waals surface area contributed by atoms with Crippen LogP contribution < -0.4 is 15.4 Å². The van der Waals surface area contributed by atoms with E-state index in [-0.39, 0.29) is 6.03 Å². The van der Waals surface area contributed by atoms with Crippen LogP contribution in [-0.2, 0) is 0 Å². The lowest BCUT2D eigenvalue weighted by molar-refractivity contribution is 0.247. The van der Waals surface area contributed by atoms with Gasteiger partial charge in [-0.3, -0.25) is 0 Å². The standard InChI is InChI=1S/C15H13Cl3N2O2/c16-10-2-1-3-12(8-10)22-7-6-19-15(21)20-14-5-4-11(17)9-13(14)18/h1-5,8-9H,6-7H2,(H2,19,20,21). The second-order valence-electron chi connectivity index (χ2n) is 4.31. The third kappa shape index (κ3) is 5.30. The Balaban J connectivity index is 1.74. The Hall–Kier alpha value is -1.62. The second kappa shape index (κ2) is 8.13. The van der Waals surface area contributed by atoms with Gasteiger partial charge >= 0.3 is 6.03 Å². The van der Waals surface area contributed by atoms with Gasteiger partial charge in [-0.2, -0.15) is 0 Å². The summed E-state index contributed by atoms with van der Waals surface area (Å²) in [4.78, 5) is 11.7. The molecule has 4 nitrogen and oxygen atoms in total. The van der Waals surface area contributed by atoms with Gasteiger partial charge in [-0.1, -0.05) is 40.9 Å². The maximum atomic E-state index is 11.7. The van der Waals surface area contributed by atoms with Crippen LogP contribution in [0.4, 0.5) is 10.5 Å². The first kappa shape index (κ1) is 16.7. The third-order valence-electron chi connectivity index (χ3n) is 2.63. The average molecular weight is 360 g/mol. The van der Waals surface area contributed by atoms with Crippen molar-refractivity contribution in [3.8, 4) is 5.75 Å². The molecule has 0 saturated heterocycles. The molecule has 116 valence electrons. The summed E-state index contributed by atoms with van der Waals surface area (Å²) in [6.07, 6.45) is 0. The van der Waals surface area contributed by atoms with Gasteiger partial charge in [-0.25, -0.2) is 4.79 Å². The van der Waals surface area contributed by atoms with Crippen molar-refractivity contribution in [3.05, 3.63) is 57.5 Å². The Morgan fingerprint density at radius 1 is 1.05 bits per heavy atom. The number of nitrogens with one attached hydrogen (secondary N) is 2. The minimum atomic E-state index is -0.376. The number of urea groups is 1. The highest BCUT2D eigenvalue weighted by molar-refractivity contribution is 6.36. The van der Waals surface area contributed by atoms with Crippen molar-refractivity contribution in [3.63, 3.8) is 0 Å². The van der Waals surface area contributed by atoms with Crippen LogP contribution in [0.3, 0.4) is 0 Å². The van der Waals surface area contributed by atoms with E-state index in [0.29, 0.717) is 39.7 Å². The Kier molecular flexibility index (Phi) is 6.19. The third-order valence-corrected chi connectivity index (χ3v) is 3.41. The van der Waals surface area contributed by atoms with E-state index in [1.54, 1.807) is 42.5 Å². The maximum Gasteiger partial charge on any atom is 0.319 e. The quantitative estimate of drug-likeness (QED) is 0.750. The van der Waals surface area contributed by atoms with Crippen molar-refractivity contribution in [1.29, 1.82) is 0 Å². The van der Waals surface area contributed by atoms with E-state index >= 15 is 0 Å². The van der Waals surface area contributed by atoms with Crippen LogP contribution in [0.1, 0.15) is 0 Å². The molecule has 2 aromatic carbocycles. The molecular weight excluding hydrogens is 347 g/mol. The predicted molar refractivity (Wildman–Crippen MR) is 90.4 cm³/mol. The molecule has 0 saturated carbocycles. The summed E-state index contributed by atoms with van der Waals surface area (Å²) in [6, 6.07) is 11.5. The molecule has 22 heavy (non-hydrogen) atoms. The second-order valence-corrected chi connectivity index (χ2v) is 5.59. The SMILES string of the molecule is O=C(NCCOc1cccc(Cl)c1)Nc1ccc(Cl)cc1Cl. The number of amides is 2. The summed E-state index contributed by atoms with van der Waals surface area (Å²) in [7, 11) is 0. The van der Waals surface area contributed by atoms with Gasteiger partial charge in [0.1, 0.15) is 12.4 Å². The molecule has 0 bridgehead atoms. The van der Waals surface area contributed by atoms with Gasteiger partial charge < -0.3 is 15.4 Å². The predicted octanol–water partition coefficient (Wildman–Crippen LogP) is 4.85. The Labute approximate surface area is 143 Å². The minimum Gasteiger partial charge on any atom is -0.492 e. The largest absolute Gasteiger partial charge is 0.492 e. The maximum absolute atomic E-state index is 11.7. The van der Waals surface area contributed by atoms with Crippen molar-refractivity contribution < 1.29 is 9.53 Å². The van der Waals surface area contributed by atoms with Crippen LogP contribution in [0, 0.1) is 0 Å². The molecule has 2 rings (SSSR count). The fourth-order valence-electron chi connectivity index (χ4n) is 1.65. The summed E-state index contributed by atoms with van der Waals surface area (Å²) >= 11 is 17.6. The van der Waals surface area contributed by atoms with Crippen molar-refractivity contribution in [2.75, 3.05) is 18.5 Å². The Morgan fingerprint density at radius 2 is 1.82 bits per heavy atom. The van der Waals surface area contributed by atoms with E-state index in [4.69, 9.17) is 39.5 Å². The van der Waals surface area contributed by atoms with Gasteiger partial charge in [0, 0.05) is 10.0 Å². The molecule has 0 aliphatic heterocycles. The molecule has 0 heterocycles. The molecule has 2 N–H and O–H groups in total. The summed E-state index contributed by atoms with van der Waals surface area (Å²) in [5, 5.41) is 6.76. The van der Waals surface area contributed by atoms with Crippen LogP contribution >= 0.6 is 34.8 Å². The molecule has 0 aromatic heterocycles. The van der Waals surface area contributed by atoms with E-state index in [1.807, 2.05) is 0 Å². The van der Waals surface area contributed by atoms with Gasteiger partial charge in [0.15, 0.2) is 0 Å². The normalized spacial score (nSPS) is 10.1. The van der Waals surface area contributed by atoms with Gasteiger partial charge in [0.25, 0.3) is 0 Å². The first-order valence-electron chi connectivity index (χ1n) is 6.43. The average Bonchev–Trinajstić information content (AvgIpc) is 2.47. The molecule has 0 unspecified atom stereocenters. The number of anilines is 1. The van der Waals surface area contributed by atoms with Crippen LogP contribution in [0.15, 0.2) is 42.5 Å². The molecule has 0 atom stereocenters. The molecule has 0 spiro atoms. The minimum absolute atomic E-state index is 0.322. The number of halogens is 3. The summed E-state index contributed by atoms with van der Waals surface area (Å²) in [6.45, 7) is 0.658. The van der Waals surface area contributed by atoms with E-state index in [0.717, 1.165) is 0 Å². The Morgan fingerprint density at radius 3 is 2.55 bits per heavy atom. The molecule has 0 fully saturated rings. The fraction of sp³-hybridized carbons (Fsp3) is 0.133. The van der Waals surface area contributed by atoms with E-state index in [2.05, 4.69) is 10.6 Å². The topological polar surface area (TPSA) is 50.4 Å². The monoisotopic (exact) mass is 358 g/mol. The van der Waals surface area contributed by atoms with Crippen molar-refractivity contribution in [2.24, 2.45) is 0 Å². The summed E-state index contributed by atoms with van der Waals surface area (Å²) in [5.74, 6) is 0.649. The zero-order valence-corrected chi connectivity index (χ0v) is 13.7. The number of rotatable bonds is 5. The van der Waals surface area contributed by atoms with Crippen molar-refractivity contribution in [2.45, 2.75) is 0 Å². The smallest absolute Gasteiger partial charge is 0.319 e. The molecule has 7 heteroatoms. The van der Waals surface area contributed by atoms with Crippen molar-refractivity contribution >= 4 is 46.5 Å². The molecule has 0 aliphatic rings. The fourth-order valence-corrected chi connectivity index (χ4v) is 2.28. The Bertz CT molecular complexity index is 665. The molecular formula is C15H13Cl3N2O2. The van der Waals surface area contributed by atoms with E-state index in [1.165, 1.54) is 0 Å². The highest BCUT2D eigenvalue weighted by Crippen LogP contribution is 2.25. The van der Waals surface area contributed by atoms with Crippen LogP contribution in [0.2, 0.25) is 15.1 Å². The number of carbonyl (C=O) groups is 1. The lowest BCUT2D eigenvalue weighted by Gasteiger charge is -2.10. The van der Waals surface area contributed by atoms with Crippen LogP contribution in [-0.4, -0.2) is 19.2 Å². The van der Waals surface area contributed by atoms with Gasteiger partial charge in [-0.15, -0.1) is 0 Å². The number of carbonyl (C=O) groups excluding carboxylic acids is 1. The number of benzene rings is 2. The lowest BCUT2D eigenvalue weighted by atomic mass is 10.3. The molecule has 0 aliphatic carbocycles. The van der Waals surface area contributed by atoms with Gasteiger partial charge in [0.05, 0.1) is 17.3 Å². The van der Waals surface area contributed by atoms with Crippen LogP contribution in [0.25, 0.3) is 0 Å². The zero-order chi connectivity index (χ0) is 15.9. The van der Waals surface area contributed by atoms with E-state index < -0.39 is 0 Å². The molecule has 2 amide bonds. The van der Waals surface area contributed by atoms with E-state index in [9.17, 15) is 4.79 Å². The highest BCUT2D eigenvalue weighted by atomic mass is 35.5. The first-order valence-corrected chi connectivity index (χ1v) is 7.56. The number of hydrogen-bond donors (Lipinski definition) is 2. The van der Waals surface area contributed by atoms with Crippen molar-refractivity contribution in [1.82, 2.24) is 5.32 Å². The highest BCUT2D eigenvalue weighted by Gasteiger charge is 2.05. The summed E-state index contributed by atoms with van der Waals surface area (Å²) < 4.78 is 5.46. The molecule has 2 aromatic rings. The van der Waals surface area contributed by atoms with Gasteiger partial charge in [0.2, 0.25) is 0 Å². The molecule has 0 radical (unpaired) electrons. The zero-order valence-electron chi connectivity index (χ0n) is 11.4. The van der Waals surface area contributed by atoms with Gasteiger partial charge in [-0.05, 0) is 36.4 Å². The number of ether oxygens (including phenoxy) is 1. The lowest BCUT2D eigenvalue weighted by Crippen LogP contribution is -2.32. The first-order chi connectivity index (χ1) is 10.5. The van der Waals surface area contributed by atoms with Crippen LogP contribution in [0.5, 0.6) is 5.75 Å². The number of hydrogen-bond acceptors (Lipinski definition) is 2. The summed E-state index contributed by atoms with van der Waals surface area (Å²) in [5.41, 5.74) is 0.485.